The highest BCUT2D eigenvalue weighted by atomic mass is 79.9. The van der Waals surface area contributed by atoms with Crippen LogP contribution in [0.1, 0.15) is 18.5 Å². The highest BCUT2D eigenvalue weighted by Crippen LogP contribution is 2.26. The third kappa shape index (κ3) is 2.95. The van der Waals surface area contributed by atoms with Crippen molar-refractivity contribution in [3.05, 3.63) is 33.3 Å². The summed E-state index contributed by atoms with van der Waals surface area (Å²) in [6.45, 7) is 1.98. The van der Waals surface area contributed by atoms with Crippen molar-refractivity contribution in [2.24, 2.45) is 0 Å². The molecule has 4 heteroatoms. The molecule has 0 aliphatic rings. The Morgan fingerprint density at radius 3 is 2.77 bits per heavy atom. The predicted octanol–water partition coefficient (Wildman–Crippen LogP) is 3.31. The topological polar surface area (TPSA) is 21.3 Å². The molecule has 72 valence electrons. The molecule has 1 rings (SSSR count). The second-order valence-corrected chi connectivity index (χ2v) is 4.03. The van der Waals surface area contributed by atoms with Gasteiger partial charge >= 0.3 is 0 Å². The van der Waals surface area contributed by atoms with Crippen molar-refractivity contribution in [2.45, 2.75) is 13.0 Å². The largest absolute Gasteiger partial charge is 0.305 e. The van der Waals surface area contributed by atoms with Gasteiger partial charge in [0.1, 0.15) is 0 Å². The van der Waals surface area contributed by atoms with Gasteiger partial charge in [0.2, 0.25) is 0 Å². The Morgan fingerprint density at radius 1 is 1.54 bits per heavy atom. The Balaban J connectivity index is 2.88. The maximum atomic E-state index is 6.03. The molecule has 0 aromatic heterocycles. The van der Waals surface area contributed by atoms with E-state index in [1.165, 1.54) is 0 Å². The van der Waals surface area contributed by atoms with Crippen molar-refractivity contribution in [3.8, 4) is 0 Å². The molecule has 1 unspecified atom stereocenters. The third-order valence-electron chi connectivity index (χ3n) is 1.72. The fourth-order valence-corrected chi connectivity index (χ4v) is 1.93. The molecule has 0 radical (unpaired) electrons. The molecule has 0 amide bonds. The molecule has 0 aliphatic heterocycles. The van der Waals surface area contributed by atoms with Crippen molar-refractivity contribution in [3.63, 3.8) is 0 Å². The van der Waals surface area contributed by atoms with Gasteiger partial charge in [-0.25, -0.2) is 0 Å². The number of benzene rings is 1. The molecule has 0 saturated heterocycles. The fraction of sp³-hybridized carbons (Fsp3) is 0.333. The van der Waals surface area contributed by atoms with Gasteiger partial charge < -0.3 is 4.84 Å². The van der Waals surface area contributed by atoms with Gasteiger partial charge in [-0.2, -0.15) is 5.48 Å². The number of hydroxylamine groups is 1. The summed E-state index contributed by atoms with van der Waals surface area (Å²) in [6, 6.07) is 5.87. The van der Waals surface area contributed by atoms with Crippen LogP contribution in [0.25, 0.3) is 0 Å². The second-order valence-electron chi connectivity index (χ2n) is 2.71. The number of hydrogen-bond donors (Lipinski definition) is 1. The van der Waals surface area contributed by atoms with Gasteiger partial charge in [0, 0.05) is 9.50 Å². The van der Waals surface area contributed by atoms with E-state index in [-0.39, 0.29) is 6.04 Å². The Morgan fingerprint density at radius 2 is 2.23 bits per heavy atom. The van der Waals surface area contributed by atoms with Crippen molar-refractivity contribution in [1.29, 1.82) is 0 Å². The minimum atomic E-state index is 0.0885. The first-order valence-corrected chi connectivity index (χ1v) is 5.05. The lowest BCUT2D eigenvalue weighted by atomic mass is 10.1. The lowest BCUT2D eigenvalue weighted by Crippen LogP contribution is -2.17. The molecule has 13 heavy (non-hydrogen) atoms. The summed E-state index contributed by atoms with van der Waals surface area (Å²) >= 11 is 9.38. The first kappa shape index (κ1) is 11.0. The zero-order valence-corrected chi connectivity index (χ0v) is 9.82. The van der Waals surface area contributed by atoms with E-state index in [2.05, 4.69) is 21.4 Å². The normalized spacial score (nSPS) is 12.9. The summed E-state index contributed by atoms with van der Waals surface area (Å²) in [5, 5.41) is 0.728. The van der Waals surface area contributed by atoms with Gasteiger partial charge in [-0.15, -0.1) is 0 Å². The Hall–Kier alpha value is -0.0900. The molecule has 0 spiro atoms. The molecular weight excluding hydrogens is 253 g/mol. The minimum absolute atomic E-state index is 0.0885. The van der Waals surface area contributed by atoms with Crippen LogP contribution in [0.2, 0.25) is 5.02 Å². The predicted molar refractivity (Wildman–Crippen MR) is 57.7 cm³/mol. The van der Waals surface area contributed by atoms with E-state index in [4.69, 9.17) is 16.4 Å². The average molecular weight is 265 g/mol. The average Bonchev–Trinajstić information content (AvgIpc) is 2.04. The molecule has 1 N–H and O–H groups in total. The van der Waals surface area contributed by atoms with Crippen LogP contribution in [0.5, 0.6) is 0 Å². The van der Waals surface area contributed by atoms with Crippen LogP contribution >= 0.6 is 27.5 Å². The second kappa shape index (κ2) is 4.96. The van der Waals surface area contributed by atoms with Crippen molar-refractivity contribution in [1.82, 2.24) is 5.48 Å². The SMILES string of the molecule is CONC(C)c1ccc(Br)cc1Cl. The number of nitrogens with one attached hydrogen (secondary N) is 1. The van der Waals surface area contributed by atoms with E-state index in [0.717, 1.165) is 15.1 Å². The molecule has 0 aliphatic carbocycles. The molecule has 1 aromatic rings. The first-order valence-electron chi connectivity index (χ1n) is 3.88. The van der Waals surface area contributed by atoms with E-state index < -0.39 is 0 Å². The van der Waals surface area contributed by atoms with Gasteiger partial charge in [0.15, 0.2) is 0 Å². The minimum Gasteiger partial charge on any atom is -0.305 e. The van der Waals surface area contributed by atoms with Crippen molar-refractivity contribution in [2.75, 3.05) is 7.11 Å². The van der Waals surface area contributed by atoms with Crippen LogP contribution in [0.3, 0.4) is 0 Å². The fourth-order valence-electron chi connectivity index (χ4n) is 1.09. The van der Waals surface area contributed by atoms with Crippen LogP contribution in [-0.2, 0) is 4.84 Å². The van der Waals surface area contributed by atoms with E-state index in [0.29, 0.717) is 0 Å². The van der Waals surface area contributed by atoms with Crippen LogP contribution < -0.4 is 5.48 Å². The third-order valence-corrected chi connectivity index (χ3v) is 2.54. The highest BCUT2D eigenvalue weighted by Gasteiger charge is 2.08. The summed E-state index contributed by atoms with van der Waals surface area (Å²) in [4.78, 5) is 4.82. The Bertz CT molecular complexity index is 293. The summed E-state index contributed by atoms with van der Waals surface area (Å²) in [6.07, 6.45) is 0. The summed E-state index contributed by atoms with van der Waals surface area (Å²) in [7, 11) is 1.59. The van der Waals surface area contributed by atoms with Crippen LogP contribution in [0.15, 0.2) is 22.7 Å². The van der Waals surface area contributed by atoms with Crippen LogP contribution in [0.4, 0.5) is 0 Å². The lowest BCUT2D eigenvalue weighted by molar-refractivity contribution is 0.0659. The zero-order valence-electron chi connectivity index (χ0n) is 7.47. The van der Waals surface area contributed by atoms with Crippen molar-refractivity contribution < 1.29 is 4.84 Å². The molecular formula is C9H11BrClNO. The van der Waals surface area contributed by atoms with E-state index in [1.54, 1.807) is 7.11 Å². The van der Waals surface area contributed by atoms with E-state index in [1.807, 2.05) is 25.1 Å². The standard InChI is InChI=1S/C9H11BrClNO/c1-6(12-13-2)8-4-3-7(10)5-9(8)11/h3-6,12H,1-2H3. The monoisotopic (exact) mass is 263 g/mol. The molecule has 1 aromatic carbocycles. The van der Waals surface area contributed by atoms with Crippen LogP contribution in [0, 0.1) is 0 Å². The molecule has 0 fully saturated rings. The molecule has 0 heterocycles. The smallest absolute Gasteiger partial charge is 0.0572 e. The summed E-state index contributed by atoms with van der Waals surface area (Å²) < 4.78 is 0.978. The zero-order chi connectivity index (χ0) is 9.84. The summed E-state index contributed by atoms with van der Waals surface area (Å²) in [5.41, 5.74) is 3.84. The quantitative estimate of drug-likeness (QED) is 0.846. The first-order chi connectivity index (χ1) is 6.15. The Labute approximate surface area is 91.3 Å². The van der Waals surface area contributed by atoms with E-state index >= 15 is 0 Å². The molecule has 0 bridgehead atoms. The Kier molecular flexibility index (Phi) is 4.19. The number of rotatable bonds is 3. The van der Waals surface area contributed by atoms with E-state index in [9.17, 15) is 0 Å². The molecule has 1 atom stereocenters. The van der Waals surface area contributed by atoms with Gasteiger partial charge in [-0.05, 0) is 24.6 Å². The maximum absolute atomic E-state index is 6.03. The van der Waals surface area contributed by atoms with Gasteiger partial charge in [0.05, 0.1) is 13.2 Å². The number of hydrogen-bond acceptors (Lipinski definition) is 2. The van der Waals surface area contributed by atoms with Gasteiger partial charge in [-0.3, -0.25) is 0 Å². The van der Waals surface area contributed by atoms with Crippen molar-refractivity contribution >= 4 is 27.5 Å². The lowest BCUT2D eigenvalue weighted by Gasteiger charge is -2.13. The van der Waals surface area contributed by atoms with Crippen LogP contribution in [-0.4, -0.2) is 7.11 Å². The highest BCUT2D eigenvalue weighted by molar-refractivity contribution is 9.10. The van der Waals surface area contributed by atoms with Gasteiger partial charge in [0.25, 0.3) is 0 Å². The summed E-state index contributed by atoms with van der Waals surface area (Å²) in [5.74, 6) is 0. The van der Waals surface area contributed by atoms with Gasteiger partial charge in [-0.1, -0.05) is 33.6 Å². The maximum Gasteiger partial charge on any atom is 0.0572 e. The number of halogens is 2. The molecule has 2 nitrogen and oxygen atoms in total. The molecule has 0 saturated carbocycles.